The first-order chi connectivity index (χ1) is 27.8. The van der Waals surface area contributed by atoms with Crippen molar-refractivity contribution in [2.45, 2.75) is 167 Å². The second-order valence-corrected chi connectivity index (χ2v) is 17.8. The molecule has 0 aromatic carbocycles. The van der Waals surface area contributed by atoms with E-state index in [1.54, 1.807) is 6.92 Å². The fourth-order valence-electron chi connectivity index (χ4n) is 9.25. The Bertz CT molecular complexity index is 1560. The number of unbranched alkanes of at least 4 members (excludes halogenated alkanes) is 2. The molecule has 4 rings (SSSR count). The van der Waals surface area contributed by atoms with Gasteiger partial charge < -0.3 is 44.8 Å². The van der Waals surface area contributed by atoms with Crippen molar-refractivity contribution in [2.24, 2.45) is 47.3 Å². The molecule has 13 nitrogen and oxygen atoms in total. The predicted molar refractivity (Wildman–Crippen MR) is 219 cm³/mol. The summed E-state index contributed by atoms with van der Waals surface area (Å²) in [7, 11) is 0. The highest BCUT2D eigenvalue weighted by molar-refractivity contribution is 5.74. The number of hydrogen-bond donors (Lipinski definition) is 6. The highest BCUT2D eigenvalue weighted by atomic mass is 16.6. The van der Waals surface area contributed by atoms with Crippen molar-refractivity contribution in [2.75, 3.05) is 0 Å². The lowest BCUT2D eigenvalue weighted by Crippen LogP contribution is -2.44. The third kappa shape index (κ3) is 13.3. The highest BCUT2D eigenvalue weighted by Crippen LogP contribution is 2.46. The van der Waals surface area contributed by atoms with Crippen molar-refractivity contribution < 1.29 is 64.0 Å². The molecule has 0 aromatic rings. The second kappa shape index (κ2) is 21.9. The van der Waals surface area contributed by atoms with Gasteiger partial charge in [0, 0.05) is 31.1 Å². The van der Waals surface area contributed by atoms with Crippen LogP contribution in [0.25, 0.3) is 0 Å². The first-order valence-corrected chi connectivity index (χ1v) is 22.0. The lowest BCUT2D eigenvalue weighted by molar-refractivity contribution is -0.205. The minimum Gasteiger partial charge on any atom is -0.477 e. The number of aliphatic carboxylic acids is 1. The topological polar surface area (TPSA) is 217 Å². The number of hydrogen-bond acceptors (Lipinski definition) is 12. The van der Waals surface area contributed by atoms with Crippen molar-refractivity contribution in [3.8, 4) is 0 Å². The normalized spacial score (nSPS) is 31.0. The number of ether oxygens (including phenoxy) is 3. The Hall–Kier alpha value is -3.36. The molecule has 0 radical (unpaired) electrons. The van der Waals surface area contributed by atoms with Gasteiger partial charge in [0.05, 0.1) is 36.6 Å². The van der Waals surface area contributed by atoms with E-state index in [1.165, 1.54) is 0 Å². The molecule has 13 heteroatoms. The minimum atomic E-state index is -2.76. The SMILES string of the molecule is CC[C@H](C)C(=O)O[C@H]1C[C@H](O)C=C2C=C[C@H](C)[C@H](CC[C@@H](O)C[C@@H](O)CC(=O)O[C@@H]3C=C4C=C[C@H](C)[C@H](CCCCCC(O)(O)C(=O)O)[C@H]4[C@@H](OC(=O)[C@@H](C)CC)C3)[C@H]21. The molecular weight excluding hydrogens is 760 g/mol. The van der Waals surface area contributed by atoms with Crippen LogP contribution in [0.1, 0.15) is 125 Å². The Morgan fingerprint density at radius 2 is 1.31 bits per heavy atom. The molecule has 0 saturated heterocycles. The zero-order valence-corrected chi connectivity index (χ0v) is 35.8. The summed E-state index contributed by atoms with van der Waals surface area (Å²) < 4.78 is 18.0. The fraction of sp³-hybridized carbons (Fsp3) is 0.739. The number of carboxylic acids is 1. The summed E-state index contributed by atoms with van der Waals surface area (Å²) in [6, 6.07) is 0. The molecule has 59 heavy (non-hydrogen) atoms. The second-order valence-electron chi connectivity index (χ2n) is 17.8. The molecule has 332 valence electrons. The standard InChI is InChI=1S/C46H70O13/c1-7-26(3)43(51)58-38-23-33(48)20-30-15-13-29(6)37(41(30)38)18-17-32(47)22-34(49)24-40(50)57-35-21-31-16-14-28(5)36(12-10-9-11-19-46(55,56)45(53)54)42(31)39(25-35)59-44(52)27(4)8-2/h13-16,20-21,26-29,32-39,41-42,47-49,55-56H,7-12,17-19,22-25H2,1-6H3,(H,53,54)/t26-,27-,28-,29-,32+,33+,34+,35+,36-,37-,38-,39-,41-,42-/m0/s1. The van der Waals surface area contributed by atoms with Gasteiger partial charge in [0.15, 0.2) is 0 Å². The molecule has 4 aliphatic carbocycles. The number of allylic oxidation sites excluding steroid dienone is 4. The van der Waals surface area contributed by atoms with Gasteiger partial charge in [-0.15, -0.1) is 0 Å². The Kier molecular flexibility index (Phi) is 18.0. The van der Waals surface area contributed by atoms with Crippen molar-refractivity contribution in [1.29, 1.82) is 0 Å². The molecule has 0 amide bonds. The van der Waals surface area contributed by atoms with E-state index >= 15 is 0 Å². The van der Waals surface area contributed by atoms with E-state index in [1.807, 2.05) is 45.1 Å². The first-order valence-electron chi connectivity index (χ1n) is 22.0. The zero-order chi connectivity index (χ0) is 43.6. The summed E-state index contributed by atoms with van der Waals surface area (Å²) in [5.41, 5.74) is 1.81. The summed E-state index contributed by atoms with van der Waals surface area (Å²) in [4.78, 5) is 50.2. The molecule has 14 atom stereocenters. The Balaban J connectivity index is 1.35. The number of rotatable bonds is 21. The van der Waals surface area contributed by atoms with E-state index in [4.69, 9.17) is 19.3 Å². The number of aliphatic hydroxyl groups excluding tert-OH is 3. The number of carboxylic acid groups (broad SMARTS) is 1. The quantitative estimate of drug-likeness (QED) is 0.0354. The van der Waals surface area contributed by atoms with Crippen LogP contribution in [0.2, 0.25) is 0 Å². The van der Waals surface area contributed by atoms with Gasteiger partial charge in [-0.2, -0.15) is 0 Å². The summed E-state index contributed by atoms with van der Waals surface area (Å²) >= 11 is 0. The van der Waals surface area contributed by atoms with Gasteiger partial charge in [0.1, 0.15) is 18.3 Å². The molecule has 0 aromatic heterocycles. The summed E-state index contributed by atoms with van der Waals surface area (Å²) in [5, 5.41) is 60.8. The lowest BCUT2D eigenvalue weighted by Gasteiger charge is -2.43. The average Bonchev–Trinajstić information content (AvgIpc) is 3.17. The van der Waals surface area contributed by atoms with Crippen LogP contribution < -0.4 is 0 Å². The Morgan fingerprint density at radius 3 is 1.86 bits per heavy atom. The van der Waals surface area contributed by atoms with Gasteiger partial charge in [-0.1, -0.05) is 84.8 Å². The summed E-state index contributed by atoms with van der Waals surface area (Å²) in [6.07, 6.45) is 11.7. The highest BCUT2D eigenvalue weighted by Gasteiger charge is 2.44. The van der Waals surface area contributed by atoms with E-state index in [2.05, 4.69) is 26.0 Å². The number of esters is 3. The van der Waals surface area contributed by atoms with E-state index in [0.717, 1.165) is 17.6 Å². The van der Waals surface area contributed by atoms with Crippen molar-refractivity contribution in [3.05, 3.63) is 47.6 Å². The van der Waals surface area contributed by atoms with Crippen molar-refractivity contribution in [1.82, 2.24) is 0 Å². The number of aliphatic hydroxyl groups is 5. The molecule has 0 unspecified atom stereocenters. The first kappa shape index (κ1) is 48.3. The summed E-state index contributed by atoms with van der Waals surface area (Å²) in [5.74, 6) is -6.22. The van der Waals surface area contributed by atoms with E-state index in [-0.39, 0.29) is 85.0 Å². The van der Waals surface area contributed by atoms with Gasteiger partial charge in [0.25, 0.3) is 5.79 Å². The van der Waals surface area contributed by atoms with Crippen LogP contribution in [0, 0.1) is 47.3 Å². The van der Waals surface area contributed by atoms with Crippen LogP contribution >= 0.6 is 0 Å². The molecular formula is C46H70O13. The van der Waals surface area contributed by atoms with Gasteiger partial charge in [0.2, 0.25) is 0 Å². The monoisotopic (exact) mass is 830 g/mol. The molecule has 0 bridgehead atoms. The summed E-state index contributed by atoms with van der Waals surface area (Å²) in [6.45, 7) is 11.6. The Labute approximate surface area is 349 Å². The number of carbonyl (C=O) groups is 4. The molecule has 0 saturated carbocycles. The molecule has 0 aliphatic heterocycles. The largest absolute Gasteiger partial charge is 0.477 e. The molecule has 0 heterocycles. The fourth-order valence-corrected chi connectivity index (χ4v) is 9.25. The maximum Gasteiger partial charge on any atom is 0.364 e. The van der Waals surface area contributed by atoms with E-state index < -0.39 is 54.3 Å². The van der Waals surface area contributed by atoms with Crippen molar-refractivity contribution >= 4 is 23.9 Å². The van der Waals surface area contributed by atoms with Gasteiger partial charge in [-0.05, 0) is 85.8 Å². The third-order valence-electron chi connectivity index (χ3n) is 13.3. The Morgan fingerprint density at radius 1 is 0.763 bits per heavy atom. The lowest BCUT2D eigenvalue weighted by atomic mass is 9.66. The molecule has 0 fully saturated rings. The number of fused-ring (bicyclic) bond motifs is 2. The van der Waals surface area contributed by atoms with Gasteiger partial charge >= 0.3 is 23.9 Å². The van der Waals surface area contributed by atoms with Crippen LogP contribution in [0.4, 0.5) is 0 Å². The van der Waals surface area contributed by atoms with Gasteiger partial charge in [-0.25, -0.2) is 4.79 Å². The average molecular weight is 831 g/mol. The predicted octanol–water partition coefficient (Wildman–Crippen LogP) is 5.71. The third-order valence-corrected chi connectivity index (χ3v) is 13.3. The zero-order valence-electron chi connectivity index (χ0n) is 35.8. The van der Waals surface area contributed by atoms with Crippen LogP contribution in [0.15, 0.2) is 47.6 Å². The van der Waals surface area contributed by atoms with E-state index in [9.17, 15) is 44.7 Å². The maximum atomic E-state index is 13.2. The van der Waals surface area contributed by atoms with E-state index in [0.29, 0.717) is 51.4 Å². The van der Waals surface area contributed by atoms with Crippen LogP contribution in [-0.2, 0) is 33.4 Å². The minimum absolute atomic E-state index is 0.0267. The molecule has 0 spiro atoms. The van der Waals surface area contributed by atoms with Crippen LogP contribution in [0.5, 0.6) is 0 Å². The number of carbonyl (C=O) groups excluding carboxylic acids is 3. The molecule has 4 aliphatic rings. The van der Waals surface area contributed by atoms with Crippen LogP contribution in [0.3, 0.4) is 0 Å². The van der Waals surface area contributed by atoms with Gasteiger partial charge in [-0.3, -0.25) is 14.4 Å². The van der Waals surface area contributed by atoms with Crippen molar-refractivity contribution in [3.63, 3.8) is 0 Å². The molecule has 6 N–H and O–H groups in total. The smallest absolute Gasteiger partial charge is 0.364 e. The maximum absolute atomic E-state index is 13.2. The van der Waals surface area contributed by atoms with Crippen LogP contribution in [-0.4, -0.2) is 96.9 Å².